The molecule has 154 valence electrons. The number of benzene rings is 1. The Morgan fingerprint density at radius 2 is 1.93 bits per heavy atom. The molecule has 1 aromatic carbocycles. The number of anilines is 1. The fourth-order valence-corrected chi connectivity index (χ4v) is 3.23. The van der Waals surface area contributed by atoms with Gasteiger partial charge in [-0.25, -0.2) is 0 Å². The highest BCUT2D eigenvalue weighted by Crippen LogP contribution is 2.36. The fraction of sp³-hybridized carbons (Fsp3) is 0.474. The summed E-state index contributed by atoms with van der Waals surface area (Å²) >= 11 is 5.56. The van der Waals surface area contributed by atoms with E-state index in [4.69, 9.17) is 11.6 Å². The lowest BCUT2D eigenvalue weighted by molar-refractivity contribution is -0.137. The van der Waals surface area contributed by atoms with Gasteiger partial charge in [-0.05, 0) is 24.6 Å². The van der Waals surface area contributed by atoms with Crippen molar-refractivity contribution >= 4 is 29.1 Å². The minimum Gasteiger partial charge on any atom is -0.341 e. The standard InChI is InChI=1S/C19H23ClF3N3O2/c1-2-8-25-9-3-10-26(12-11-25)18(28)7-6-17(27)24-14-4-5-16(20)15(13-14)19(21,22)23/h2,4-5,13H,1,3,6-12H2,(H,24,27). The highest BCUT2D eigenvalue weighted by molar-refractivity contribution is 6.31. The third-order valence-corrected chi connectivity index (χ3v) is 4.78. The molecule has 9 heteroatoms. The molecule has 0 atom stereocenters. The zero-order chi connectivity index (χ0) is 20.7. The number of alkyl halides is 3. The van der Waals surface area contributed by atoms with E-state index in [1.54, 1.807) is 4.90 Å². The lowest BCUT2D eigenvalue weighted by Crippen LogP contribution is -2.35. The van der Waals surface area contributed by atoms with Gasteiger partial charge < -0.3 is 10.2 Å². The van der Waals surface area contributed by atoms with Gasteiger partial charge in [-0.3, -0.25) is 14.5 Å². The smallest absolute Gasteiger partial charge is 0.341 e. The summed E-state index contributed by atoms with van der Waals surface area (Å²) in [5.74, 6) is -0.658. The number of halogens is 4. The van der Waals surface area contributed by atoms with Crippen LogP contribution in [0.15, 0.2) is 30.9 Å². The van der Waals surface area contributed by atoms with Crippen LogP contribution in [0.3, 0.4) is 0 Å². The van der Waals surface area contributed by atoms with Gasteiger partial charge in [0.05, 0.1) is 10.6 Å². The van der Waals surface area contributed by atoms with E-state index in [1.165, 1.54) is 6.07 Å². The second kappa shape index (κ2) is 9.93. The molecule has 1 fully saturated rings. The van der Waals surface area contributed by atoms with Crippen LogP contribution in [0.25, 0.3) is 0 Å². The van der Waals surface area contributed by atoms with Crippen LogP contribution in [-0.4, -0.2) is 54.3 Å². The molecule has 1 aliphatic heterocycles. The SMILES string of the molecule is C=CCN1CCCN(C(=O)CCC(=O)Nc2ccc(Cl)c(C(F)(F)F)c2)CC1. The Bertz CT molecular complexity index is 725. The molecular weight excluding hydrogens is 395 g/mol. The van der Waals surface area contributed by atoms with Crippen LogP contribution in [0.5, 0.6) is 0 Å². The molecule has 2 amide bonds. The Kier molecular flexibility index (Phi) is 7.88. The summed E-state index contributed by atoms with van der Waals surface area (Å²) in [6.45, 7) is 7.32. The Morgan fingerprint density at radius 1 is 1.18 bits per heavy atom. The number of carbonyl (C=O) groups is 2. The van der Waals surface area contributed by atoms with Crippen molar-refractivity contribution in [1.29, 1.82) is 0 Å². The normalized spacial score (nSPS) is 15.8. The Balaban J connectivity index is 1.85. The highest BCUT2D eigenvalue weighted by atomic mass is 35.5. The summed E-state index contributed by atoms with van der Waals surface area (Å²) in [5.41, 5.74) is -1.03. The molecule has 0 radical (unpaired) electrons. The van der Waals surface area contributed by atoms with Crippen LogP contribution in [-0.2, 0) is 15.8 Å². The zero-order valence-electron chi connectivity index (χ0n) is 15.4. The highest BCUT2D eigenvalue weighted by Gasteiger charge is 2.33. The van der Waals surface area contributed by atoms with Crippen molar-refractivity contribution in [3.05, 3.63) is 41.4 Å². The monoisotopic (exact) mass is 417 g/mol. The van der Waals surface area contributed by atoms with Gasteiger partial charge in [-0.15, -0.1) is 6.58 Å². The third kappa shape index (κ3) is 6.53. The average Bonchev–Trinajstić information content (AvgIpc) is 2.86. The summed E-state index contributed by atoms with van der Waals surface area (Å²) in [6.07, 6.45) is -2.04. The molecule has 1 saturated heterocycles. The molecule has 1 aromatic rings. The molecule has 5 nitrogen and oxygen atoms in total. The molecule has 28 heavy (non-hydrogen) atoms. The third-order valence-electron chi connectivity index (χ3n) is 4.45. The van der Waals surface area contributed by atoms with E-state index in [-0.39, 0.29) is 24.4 Å². The quantitative estimate of drug-likeness (QED) is 0.716. The van der Waals surface area contributed by atoms with E-state index in [0.717, 1.165) is 38.2 Å². The maximum Gasteiger partial charge on any atom is 0.417 e. The second-order valence-corrected chi connectivity index (χ2v) is 6.97. The molecule has 2 rings (SSSR count). The summed E-state index contributed by atoms with van der Waals surface area (Å²) in [5, 5.41) is 1.95. The molecule has 1 aliphatic rings. The van der Waals surface area contributed by atoms with E-state index in [0.29, 0.717) is 13.1 Å². The van der Waals surface area contributed by atoms with Gasteiger partial charge in [0.15, 0.2) is 0 Å². The Hall–Kier alpha value is -2.06. The van der Waals surface area contributed by atoms with E-state index in [9.17, 15) is 22.8 Å². The van der Waals surface area contributed by atoms with Gasteiger partial charge >= 0.3 is 6.18 Å². The van der Waals surface area contributed by atoms with Gasteiger partial charge in [-0.1, -0.05) is 17.7 Å². The molecule has 0 unspecified atom stereocenters. The average molecular weight is 418 g/mol. The molecule has 0 bridgehead atoms. The van der Waals surface area contributed by atoms with Crippen molar-refractivity contribution in [3.63, 3.8) is 0 Å². The number of amides is 2. The molecule has 1 N–H and O–H groups in total. The van der Waals surface area contributed by atoms with E-state index < -0.39 is 22.7 Å². The zero-order valence-corrected chi connectivity index (χ0v) is 16.2. The van der Waals surface area contributed by atoms with Crippen molar-refractivity contribution < 1.29 is 22.8 Å². The molecule has 1 heterocycles. The number of hydrogen-bond donors (Lipinski definition) is 1. The van der Waals surface area contributed by atoms with Crippen molar-refractivity contribution in [2.75, 3.05) is 38.0 Å². The van der Waals surface area contributed by atoms with Gasteiger partial charge in [0.1, 0.15) is 0 Å². The predicted octanol–water partition coefficient (Wildman–Crippen LogP) is 3.80. The second-order valence-electron chi connectivity index (χ2n) is 6.56. The predicted molar refractivity (Wildman–Crippen MR) is 102 cm³/mol. The van der Waals surface area contributed by atoms with E-state index >= 15 is 0 Å². The summed E-state index contributed by atoms with van der Waals surface area (Å²) in [6, 6.07) is 3.16. The molecule has 0 aromatic heterocycles. The molecule has 0 saturated carbocycles. The van der Waals surface area contributed by atoms with Crippen LogP contribution >= 0.6 is 11.6 Å². The maximum absolute atomic E-state index is 12.9. The van der Waals surface area contributed by atoms with Crippen LogP contribution in [0.4, 0.5) is 18.9 Å². The minimum absolute atomic E-state index is 0.00695. The van der Waals surface area contributed by atoms with Crippen molar-refractivity contribution in [3.8, 4) is 0 Å². The minimum atomic E-state index is -4.61. The first-order valence-electron chi connectivity index (χ1n) is 8.98. The number of nitrogens with zero attached hydrogens (tertiary/aromatic N) is 2. The number of nitrogens with one attached hydrogen (secondary N) is 1. The molecule has 0 aliphatic carbocycles. The first-order valence-corrected chi connectivity index (χ1v) is 9.36. The summed E-state index contributed by atoms with van der Waals surface area (Å²) in [4.78, 5) is 28.3. The van der Waals surface area contributed by atoms with Gasteiger partial charge in [0, 0.05) is 51.3 Å². The Labute approximate surface area is 167 Å². The number of carbonyl (C=O) groups excluding carboxylic acids is 2. The van der Waals surface area contributed by atoms with Crippen molar-refractivity contribution in [2.45, 2.75) is 25.4 Å². The summed E-state index contributed by atoms with van der Waals surface area (Å²) < 4.78 is 38.6. The fourth-order valence-electron chi connectivity index (χ4n) is 3.01. The van der Waals surface area contributed by atoms with Crippen molar-refractivity contribution in [1.82, 2.24) is 9.80 Å². The van der Waals surface area contributed by atoms with Crippen LogP contribution in [0.1, 0.15) is 24.8 Å². The number of rotatable bonds is 6. The van der Waals surface area contributed by atoms with Crippen LogP contribution in [0, 0.1) is 0 Å². The van der Waals surface area contributed by atoms with Gasteiger partial charge in [-0.2, -0.15) is 13.2 Å². The molecular formula is C19H23ClF3N3O2. The first kappa shape index (κ1) is 22.2. The van der Waals surface area contributed by atoms with Crippen LogP contribution < -0.4 is 5.32 Å². The van der Waals surface area contributed by atoms with Gasteiger partial charge in [0.2, 0.25) is 11.8 Å². The summed E-state index contributed by atoms with van der Waals surface area (Å²) in [7, 11) is 0. The topological polar surface area (TPSA) is 52.7 Å². The lowest BCUT2D eigenvalue weighted by Gasteiger charge is -2.21. The van der Waals surface area contributed by atoms with Crippen LogP contribution in [0.2, 0.25) is 5.02 Å². The maximum atomic E-state index is 12.9. The van der Waals surface area contributed by atoms with E-state index in [1.807, 2.05) is 6.08 Å². The molecule has 0 spiro atoms. The number of hydrogen-bond acceptors (Lipinski definition) is 3. The van der Waals surface area contributed by atoms with E-state index in [2.05, 4.69) is 16.8 Å². The van der Waals surface area contributed by atoms with Crippen molar-refractivity contribution in [2.24, 2.45) is 0 Å². The first-order chi connectivity index (χ1) is 13.2. The van der Waals surface area contributed by atoms with Gasteiger partial charge in [0.25, 0.3) is 0 Å². The Morgan fingerprint density at radius 3 is 2.61 bits per heavy atom. The largest absolute Gasteiger partial charge is 0.417 e. The lowest BCUT2D eigenvalue weighted by atomic mass is 10.2.